The van der Waals surface area contributed by atoms with Crippen LogP contribution in [0.25, 0.3) is 0 Å². The molecule has 17 heavy (non-hydrogen) atoms. The summed E-state index contributed by atoms with van der Waals surface area (Å²) in [7, 11) is 0. The van der Waals surface area contributed by atoms with Gasteiger partial charge in [-0.15, -0.1) is 0 Å². The summed E-state index contributed by atoms with van der Waals surface area (Å²) in [6.45, 7) is 5.23. The predicted octanol–water partition coefficient (Wildman–Crippen LogP) is 2.83. The third kappa shape index (κ3) is 2.60. The van der Waals surface area contributed by atoms with E-state index in [4.69, 9.17) is 4.74 Å². The number of hydrogen-bond acceptors (Lipinski definition) is 2. The van der Waals surface area contributed by atoms with Crippen LogP contribution in [0.2, 0.25) is 0 Å². The lowest BCUT2D eigenvalue weighted by Gasteiger charge is -2.32. The summed E-state index contributed by atoms with van der Waals surface area (Å²) in [4.78, 5) is 1.99. The molecule has 0 aromatic heterocycles. The summed E-state index contributed by atoms with van der Waals surface area (Å²) in [5, 5.41) is 0. The molecule has 2 atom stereocenters. The molecule has 2 rings (SSSR count). The van der Waals surface area contributed by atoms with Crippen molar-refractivity contribution in [3.8, 4) is 0 Å². The van der Waals surface area contributed by atoms with Crippen molar-refractivity contribution in [2.75, 3.05) is 19.7 Å². The van der Waals surface area contributed by atoms with Crippen molar-refractivity contribution in [1.82, 2.24) is 4.90 Å². The lowest BCUT2D eigenvalue weighted by Crippen LogP contribution is -2.43. The molecule has 0 radical (unpaired) electrons. The summed E-state index contributed by atoms with van der Waals surface area (Å²) in [6, 6.07) is 0. The van der Waals surface area contributed by atoms with Crippen LogP contribution in [0.4, 0.5) is 13.2 Å². The molecular formula is C12H20F3NO. The number of nitrogens with zero attached hydrogens (tertiary/aromatic N) is 1. The standard InChI is InChI=1S/C12H20F3NO/c1-9(2)17-8-11-4-3-5-16(11)7-10(6-11)12(13,14)15/h9-10H,3-8H2,1-2H3/t10-,11-/m0/s1. The average Bonchev–Trinajstić information content (AvgIpc) is 2.68. The number of alkyl halides is 3. The fourth-order valence-corrected chi connectivity index (χ4v) is 3.06. The maximum Gasteiger partial charge on any atom is 0.393 e. The molecule has 0 N–H and O–H groups in total. The van der Waals surface area contributed by atoms with Crippen LogP contribution in [0.15, 0.2) is 0 Å². The number of hydrogen-bond donors (Lipinski definition) is 0. The Balaban J connectivity index is 2.04. The Morgan fingerprint density at radius 3 is 2.71 bits per heavy atom. The van der Waals surface area contributed by atoms with E-state index in [9.17, 15) is 13.2 Å². The van der Waals surface area contributed by atoms with Gasteiger partial charge in [-0.3, -0.25) is 4.90 Å². The van der Waals surface area contributed by atoms with Crippen molar-refractivity contribution in [3.05, 3.63) is 0 Å². The zero-order valence-corrected chi connectivity index (χ0v) is 10.4. The van der Waals surface area contributed by atoms with E-state index >= 15 is 0 Å². The molecule has 2 aliphatic rings. The highest BCUT2D eigenvalue weighted by molar-refractivity contribution is 5.04. The van der Waals surface area contributed by atoms with E-state index in [1.165, 1.54) is 0 Å². The fraction of sp³-hybridized carbons (Fsp3) is 1.00. The first-order valence-corrected chi connectivity index (χ1v) is 6.27. The second-order valence-electron chi connectivity index (χ2n) is 5.58. The summed E-state index contributed by atoms with van der Waals surface area (Å²) in [6.07, 6.45) is -1.94. The third-order valence-corrected chi connectivity index (χ3v) is 3.96. The van der Waals surface area contributed by atoms with Crippen molar-refractivity contribution >= 4 is 0 Å². The molecular weight excluding hydrogens is 231 g/mol. The second kappa shape index (κ2) is 4.43. The van der Waals surface area contributed by atoms with Crippen molar-refractivity contribution < 1.29 is 17.9 Å². The molecule has 0 amide bonds. The number of fused-ring (bicyclic) bond motifs is 1. The van der Waals surface area contributed by atoms with Crippen LogP contribution in [0.3, 0.4) is 0 Å². The smallest absolute Gasteiger partial charge is 0.377 e. The number of ether oxygens (including phenoxy) is 1. The summed E-state index contributed by atoms with van der Waals surface area (Å²) >= 11 is 0. The maximum atomic E-state index is 12.8. The van der Waals surface area contributed by atoms with Gasteiger partial charge in [0.1, 0.15) is 0 Å². The van der Waals surface area contributed by atoms with Crippen LogP contribution in [-0.2, 0) is 4.74 Å². The first kappa shape index (κ1) is 13.1. The first-order chi connectivity index (χ1) is 7.83. The quantitative estimate of drug-likeness (QED) is 0.764. The van der Waals surface area contributed by atoms with Crippen molar-refractivity contribution in [1.29, 1.82) is 0 Å². The topological polar surface area (TPSA) is 12.5 Å². The zero-order chi connectivity index (χ0) is 12.7. The Labute approximate surface area is 100 Å². The minimum Gasteiger partial charge on any atom is -0.377 e. The lowest BCUT2D eigenvalue weighted by atomic mass is 9.90. The molecule has 5 heteroatoms. The molecule has 0 bridgehead atoms. The van der Waals surface area contributed by atoms with Gasteiger partial charge in [0.2, 0.25) is 0 Å². The summed E-state index contributed by atoms with van der Waals surface area (Å²) in [5.74, 6) is -1.17. The minimum atomic E-state index is -4.06. The van der Waals surface area contributed by atoms with E-state index in [-0.39, 0.29) is 24.6 Å². The van der Waals surface area contributed by atoms with Gasteiger partial charge in [0, 0.05) is 12.1 Å². The van der Waals surface area contributed by atoms with Gasteiger partial charge in [-0.1, -0.05) is 0 Å². The summed E-state index contributed by atoms with van der Waals surface area (Å²) in [5.41, 5.74) is -0.343. The molecule has 2 nitrogen and oxygen atoms in total. The highest BCUT2D eigenvalue weighted by Gasteiger charge is 2.56. The van der Waals surface area contributed by atoms with Gasteiger partial charge < -0.3 is 4.74 Å². The highest BCUT2D eigenvalue weighted by atomic mass is 19.4. The lowest BCUT2D eigenvalue weighted by molar-refractivity contribution is -0.171. The van der Waals surface area contributed by atoms with Crippen LogP contribution in [0, 0.1) is 5.92 Å². The molecule has 0 aromatic rings. The van der Waals surface area contributed by atoms with Crippen LogP contribution < -0.4 is 0 Å². The Morgan fingerprint density at radius 1 is 1.41 bits per heavy atom. The van der Waals surface area contributed by atoms with Gasteiger partial charge in [-0.25, -0.2) is 0 Å². The maximum absolute atomic E-state index is 12.8. The van der Waals surface area contributed by atoms with E-state index in [0.717, 1.165) is 19.4 Å². The van der Waals surface area contributed by atoms with E-state index in [1.54, 1.807) is 0 Å². The van der Waals surface area contributed by atoms with Crippen molar-refractivity contribution in [2.24, 2.45) is 5.92 Å². The van der Waals surface area contributed by atoms with Gasteiger partial charge >= 0.3 is 6.18 Å². The Hall–Kier alpha value is -0.290. The number of rotatable bonds is 3. The molecule has 100 valence electrons. The predicted molar refractivity (Wildman–Crippen MR) is 58.8 cm³/mol. The molecule has 2 saturated heterocycles. The molecule has 0 aromatic carbocycles. The molecule has 2 aliphatic heterocycles. The molecule has 2 fully saturated rings. The van der Waals surface area contributed by atoms with E-state index in [1.807, 2.05) is 18.7 Å². The largest absolute Gasteiger partial charge is 0.393 e. The van der Waals surface area contributed by atoms with Gasteiger partial charge in [0.25, 0.3) is 0 Å². The molecule has 0 spiro atoms. The van der Waals surface area contributed by atoms with Crippen LogP contribution in [0.5, 0.6) is 0 Å². The Morgan fingerprint density at radius 2 is 2.12 bits per heavy atom. The molecule has 0 unspecified atom stereocenters. The van der Waals surface area contributed by atoms with Crippen LogP contribution in [0.1, 0.15) is 33.1 Å². The van der Waals surface area contributed by atoms with Crippen LogP contribution >= 0.6 is 0 Å². The highest BCUT2D eigenvalue weighted by Crippen LogP contribution is 2.47. The van der Waals surface area contributed by atoms with E-state index in [2.05, 4.69) is 0 Å². The van der Waals surface area contributed by atoms with Gasteiger partial charge in [0.15, 0.2) is 0 Å². The zero-order valence-electron chi connectivity index (χ0n) is 10.4. The molecule has 0 aliphatic carbocycles. The first-order valence-electron chi connectivity index (χ1n) is 6.27. The average molecular weight is 251 g/mol. The van der Waals surface area contributed by atoms with Crippen molar-refractivity contribution in [2.45, 2.75) is 50.9 Å². The number of halogens is 3. The molecule has 0 saturated carbocycles. The van der Waals surface area contributed by atoms with Gasteiger partial charge in [0.05, 0.1) is 18.6 Å². The summed E-state index contributed by atoms with van der Waals surface area (Å²) < 4.78 is 43.9. The minimum absolute atomic E-state index is 0.0803. The fourth-order valence-electron chi connectivity index (χ4n) is 3.06. The van der Waals surface area contributed by atoms with Crippen LogP contribution in [-0.4, -0.2) is 42.4 Å². The second-order valence-corrected chi connectivity index (χ2v) is 5.58. The SMILES string of the molecule is CC(C)OC[C@@]12CCCN1C[C@@H](C(F)(F)F)C2. The van der Waals surface area contributed by atoms with E-state index in [0.29, 0.717) is 6.61 Å². The van der Waals surface area contributed by atoms with Gasteiger partial charge in [-0.2, -0.15) is 13.2 Å². The Kier molecular flexibility index (Phi) is 3.42. The normalized spacial score (nSPS) is 34.6. The van der Waals surface area contributed by atoms with Crippen molar-refractivity contribution in [3.63, 3.8) is 0 Å². The monoisotopic (exact) mass is 251 g/mol. The van der Waals surface area contributed by atoms with Gasteiger partial charge in [-0.05, 0) is 39.7 Å². The third-order valence-electron chi connectivity index (χ3n) is 3.96. The molecule has 2 heterocycles. The Bertz CT molecular complexity index is 279. The van der Waals surface area contributed by atoms with E-state index < -0.39 is 12.1 Å².